The van der Waals surface area contributed by atoms with Gasteiger partial charge in [0.05, 0.1) is 6.54 Å². The zero-order valence-electron chi connectivity index (χ0n) is 13.5. The highest BCUT2D eigenvalue weighted by Crippen LogP contribution is 2.06. The van der Waals surface area contributed by atoms with Crippen LogP contribution in [0, 0.1) is 0 Å². The predicted molar refractivity (Wildman–Crippen MR) is 88.7 cm³/mol. The maximum absolute atomic E-state index is 4.25. The summed E-state index contributed by atoms with van der Waals surface area (Å²) in [5.74, 6) is 0.830. The van der Waals surface area contributed by atoms with Crippen LogP contribution < -0.4 is 10.6 Å². The van der Waals surface area contributed by atoms with E-state index in [0.717, 1.165) is 25.5 Å². The largest absolute Gasteiger partial charge is 0.354 e. The van der Waals surface area contributed by atoms with Gasteiger partial charge in [0.25, 0.3) is 0 Å². The van der Waals surface area contributed by atoms with E-state index in [-0.39, 0.29) is 0 Å². The van der Waals surface area contributed by atoms with Gasteiger partial charge in [-0.1, -0.05) is 31.2 Å². The number of hydrogen-bond donors (Lipinski definition) is 2. The molecule has 0 bridgehead atoms. The minimum atomic E-state index is 0.407. The van der Waals surface area contributed by atoms with Gasteiger partial charge < -0.3 is 10.6 Å². The van der Waals surface area contributed by atoms with E-state index < -0.39 is 0 Å². The minimum Gasteiger partial charge on any atom is -0.354 e. The van der Waals surface area contributed by atoms with Crippen molar-refractivity contribution in [1.29, 1.82) is 0 Å². The van der Waals surface area contributed by atoms with Crippen LogP contribution in [0.4, 0.5) is 0 Å². The van der Waals surface area contributed by atoms with Gasteiger partial charge in [-0.2, -0.15) is 5.10 Å². The molecule has 1 aromatic heterocycles. The van der Waals surface area contributed by atoms with Gasteiger partial charge in [-0.05, 0) is 24.5 Å². The summed E-state index contributed by atoms with van der Waals surface area (Å²) in [6.45, 7) is 5.76. The Morgan fingerprint density at radius 3 is 2.86 bits per heavy atom. The van der Waals surface area contributed by atoms with Crippen molar-refractivity contribution in [3.8, 4) is 0 Å². The third kappa shape index (κ3) is 4.87. The molecule has 118 valence electrons. The summed E-state index contributed by atoms with van der Waals surface area (Å²) in [4.78, 5) is 8.21. The molecule has 2 N–H and O–H groups in total. The lowest BCUT2D eigenvalue weighted by Gasteiger charge is -2.16. The molecular formula is C16H24N6. The number of rotatable bonds is 6. The average Bonchev–Trinajstić information content (AvgIpc) is 3.04. The van der Waals surface area contributed by atoms with Crippen molar-refractivity contribution in [2.75, 3.05) is 7.05 Å². The summed E-state index contributed by atoms with van der Waals surface area (Å²) >= 11 is 0. The second kappa shape index (κ2) is 8.17. The molecule has 2 rings (SSSR count). The van der Waals surface area contributed by atoms with E-state index >= 15 is 0 Å². The molecule has 0 radical (unpaired) electrons. The number of benzene rings is 1. The van der Waals surface area contributed by atoms with E-state index in [1.165, 1.54) is 11.1 Å². The van der Waals surface area contributed by atoms with E-state index in [9.17, 15) is 0 Å². The first-order valence-electron chi connectivity index (χ1n) is 7.58. The van der Waals surface area contributed by atoms with E-state index in [4.69, 9.17) is 0 Å². The normalized spacial score (nSPS) is 13.0. The molecule has 1 atom stereocenters. The predicted octanol–water partition coefficient (Wildman–Crippen LogP) is 1.79. The first-order chi connectivity index (χ1) is 10.7. The van der Waals surface area contributed by atoms with E-state index in [1.807, 2.05) is 4.68 Å². The molecule has 0 aliphatic heterocycles. The van der Waals surface area contributed by atoms with Crippen LogP contribution in [0.3, 0.4) is 0 Å². The van der Waals surface area contributed by atoms with Gasteiger partial charge in [0, 0.05) is 19.6 Å². The molecule has 0 aliphatic rings. The number of nitrogens with zero attached hydrogens (tertiary/aromatic N) is 4. The monoisotopic (exact) mass is 300 g/mol. The van der Waals surface area contributed by atoms with Crippen molar-refractivity contribution in [2.45, 2.75) is 39.4 Å². The van der Waals surface area contributed by atoms with Crippen molar-refractivity contribution in [2.24, 2.45) is 4.99 Å². The molecule has 1 aromatic carbocycles. The smallest absolute Gasteiger partial charge is 0.191 e. The van der Waals surface area contributed by atoms with Gasteiger partial charge in [-0.3, -0.25) is 4.99 Å². The molecule has 6 heteroatoms. The summed E-state index contributed by atoms with van der Waals surface area (Å²) in [6, 6.07) is 8.84. The van der Waals surface area contributed by atoms with Gasteiger partial charge in [0.2, 0.25) is 0 Å². The number of hydrogen-bond acceptors (Lipinski definition) is 3. The molecule has 0 saturated heterocycles. The standard InChI is InChI=1S/C16H24N6/c1-4-13(2)21-16(17-3)19-9-14-6-5-7-15(8-14)10-22-12-18-11-20-22/h5-8,11-13H,4,9-10H2,1-3H3,(H2,17,19,21). The Labute approximate surface area is 131 Å². The Bertz CT molecular complexity index is 590. The van der Waals surface area contributed by atoms with E-state index in [1.54, 1.807) is 19.7 Å². The van der Waals surface area contributed by atoms with Crippen LogP contribution in [0.1, 0.15) is 31.4 Å². The summed E-state index contributed by atoms with van der Waals surface area (Å²) < 4.78 is 1.82. The summed E-state index contributed by atoms with van der Waals surface area (Å²) in [7, 11) is 1.79. The Kier molecular flexibility index (Phi) is 5.94. The number of nitrogens with one attached hydrogen (secondary N) is 2. The van der Waals surface area contributed by atoms with Gasteiger partial charge >= 0.3 is 0 Å². The number of aliphatic imine (C=N–C) groups is 1. The fourth-order valence-electron chi connectivity index (χ4n) is 2.06. The number of guanidine groups is 1. The van der Waals surface area contributed by atoms with Crippen LogP contribution in [0.5, 0.6) is 0 Å². The number of aromatic nitrogens is 3. The van der Waals surface area contributed by atoms with Crippen molar-refractivity contribution in [1.82, 2.24) is 25.4 Å². The lowest BCUT2D eigenvalue weighted by Crippen LogP contribution is -2.41. The van der Waals surface area contributed by atoms with Gasteiger partial charge in [-0.15, -0.1) is 0 Å². The maximum atomic E-state index is 4.25. The van der Waals surface area contributed by atoms with Crippen molar-refractivity contribution < 1.29 is 0 Å². The molecular weight excluding hydrogens is 276 g/mol. The molecule has 6 nitrogen and oxygen atoms in total. The quantitative estimate of drug-likeness (QED) is 0.630. The molecule has 0 amide bonds. The van der Waals surface area contributed by atoms with Crippen molar-refractivity contribution in [3.63, 3.8) is 0 Å². The first-order valence-corrected chi connectivity index (χ1v) is 7.58. The minimum absolute atomic E-state index is 0.407. The van der Waals surface area contributed by atoms with Crippen molar-refractivity contribution in [3.05, 3.63) is 48.0 Å². The average molecular weight is 300 g/mol. The Morgan fingerprint density at radius 2 is 2.18 bits per heavy atom. The molecule has 0 aliphatic carbocycles. The Morgan fingerprint density at radius 1 is 1.36 bits per heavy atom. The first kappa shape index (κ1) is 16.0. The van der Waals surface area contributed by atoms with Crippen LogP contribution >= 0.6 is 0 Å². The Balaban J connectivity index is 1.92. The molecule has 0 spiro atoms. The SMILES string of the molecule is CCC(C)NC(=NC)NCc1cccc(Cn2cncn2)c1. The summed E-state index contributed by atoms with van der Waals surface area (Å²) in [5, 5.41) is 10.8. The second-order valence-corrected chi connectivity index (χ2v) is 5.29. The third-order valence-electron chi connectivity index (χ3n) is 3.48. The fraction of sp³-hybridized carbons (Fsp3) is 0.438. The highest BCUT2D eigenvalue weighted by molar-refractivity contribution is 5.79. The molecule has 22 heavy (non-hydrogen) atoms. The summed E-state index contributed by atoms with van der Waals surface area (Å²) in [6.07, 6.45) is 4.34. The molecule has 1 heterocycles. The zero-order valence-corrected chi connectivity index (χ0v) is 13.5. The summed E-state index contributed by atoms with van der Waals surface area (Å²) in [5.41, 5.74) is 2.42. The zero-order chi connectivity index (χ0) is 15.8. The fourth-order valence-corrected chi connectivity index (χ4v) is 2.06. The molecule has 2 aromatic rings. The maximum Gasteiger partial charge on any atom is 0.191 e. The molecule has 0 saturated carbocycles. The Hall–Kier alpha value is -2.37. The third-order valence-corrected chi connectivity index (χ3v) is 3.48. The van der Waals surface area contributed by atoms with Crippen molar-refractivity contribution >= 4 is 5.96 Å². The molecule has 0 fully saturated rings. The van der Waals surface area contributed by atoms with Crippen LogP contribution in [-0.4, -0.2) is 33.8 Å². The van der Waals surface area contributed by atoms with Gasteiger partial charge in [-0.25, -0.2) is 9.67 Å². The van der Waals surface area contributed by atoms with Gasteiger partial charge in [0.15, 0.2) is 5.96 Å². The van der Waals surface area contributed by atoms with E-state index in [0.29, 0.717) is 6.04 Å². The van der Waals surface area contributed by atoms with Crippen LogP contribution in [-0.2, 0) is 13.1 Å². The van der Waals surface area contributed by atoms with Gasteiger partial charge in [0.1, 0.15) is 12.7 Å². The topological polar surface area (TPSA) is 67.1 Å². The van der Waals surface area contributed by atoms with Crippen LogP contribution in [0.15, 0.2) is 41.9 Å². The lowest BCUT2D eigenvalue weighted by atomic mass is 10.1. The van der Waals surface area contributed by atoms with Crippen LogP contribution in [0.25, 0.3) is 0 Å². The van der Waals surface area contributed by atoms with Crippen LogP contribution in [0.2, 0.25) is 0 Å². The second-order valence-electron chi connectivity index (χ2n) is 5.29. The lowest BCUT2D eigenvalue weighted by molar-refractivity contribution is 0.624. The highest BCUT2D eigenvalue weighted by atomic mass is 15.3. The molecule has 1 unspecified atom stereocenters. The highest BCUT2D eigenvalue weighted by Gasteiger charge is 2.03. The van der Waals surface area contributed by atoms with E-state index in [2.05, 4.69) is 63.8 Å².